The van der Waals surface area contributed by atoms with Crippen molar-refractivity contribution in [3.63, 3.8) is 0 Å². The Labute approximate surface area is 138 Å². The van der Waals surface area contributed by atoms with E-state index in [4.69, 9.17) is 4.74 Å². The van der Waals surface area contributed by atoms with Crippen molar-refractivity contribution in [2.24, 2.45) is 11.8 Å². The van der Waals surface area contributed by atoms with Gasteiger partial charge in [0.25, 0.3) is 0 Å². The number of rotatable bonds is 4. The number of hydrogen-bond donors (Lipinski definition) is 1. The number of carboxylic acid groups (broad SMARTS) is 1. The number of hydrogen-bond acceptors (Lipinski definition) is 3. The Morgan fingerprint density at radius 2 is 1.96 bits per heavy atom. The second-order valence-corrected chi connectivity index (χ2v) is 8.09. The molecule has 0 spiro atoms. The summed E-state index contributed by atoms with van der Waals surface area (Å²) < 4.78 is 5.49. The SMILES string of the molecule is CC1=CC(C)CC(C(C(=O)O)N(C(=O)OC(C)(C)C)C2CC2)C1. The van der Waals surface area contributed by atoms with E-state index in [0.29, 0.717) is 5.92 Å². The number of nitrogens with zero attached hydrogens (tertiary/aromatic N) is 1. The Hall–Kier alpha value is -1.52. The fourth-order valence-electron chi connectivity index (χ4n) is 3.54. The topological polar surface area (TPSA) is 66.8 Å². The van der Waals surface area contributed by atoms with Gasteiger partial charge in [-0.15, -0.1) is 0 Å². The number of allylic oxidation sites excluding steroid dienone is 2. The molecule has 3 atom stereocenters. The highest BCUT2D eigenvalue weighted by atomic mass is 16.6. The van der Waals surface area contributed by atoms with E-state index in [0.717, 1.165) is 25.7 Å². The number of carboxylic acids is 1. The van der Waals surface area contributed by atoms with E-state index >= 15 is 0 Å². The van der Waals surface area contributed by atoms with E-state index in [-0.39, 0.29) is 12.0 Å². The first-order valence-corrected chi connectivity index (χ1v) is 8.50. The molecular formula is C18H29NO4. The molecule has 23 heavy (non-hydrogen) atoms. The van der Waals surface area contributed by atoms with Crippen molar-refractivity contribution < 1.29 is 19.4 Å². The summed E-state index contributed by atoms with van der Waals surface area (Å²) in [6, 6.07) is -0.795. The van der Waals surface area contributed by atoms with Crippen LogP contribution in [0.5, 0.6) is 0 Å². The van der Waals surface area contributed by atoms with E-state index < -0.39 is 23.7 Å². The van der Waals surface area contributed by atoms with E-state index in [1.165, 1.54) is 10.5 Å². The van der Waals surface area contributed by atoms with Crippen molar-refractivity contribution in [3.05, 3.63) is 11.6 Å². The molecule has 2 aliphatic rings. The fourth-order valence-corrected chi connectivity index (χ4v) is 3.54. The molecule has 3 unspecified atom stereocenters. The summed E-state index contributed by atoms with van der Waals surface area (Å²) in [5.41, 5.74) is 0.586. The average molecular weight is 323 g/mol. The summed E-state index contributed by atoms with van der Waals surface area (Å²) in [7, 11) is 0. The number of carbonyl (C=O) groups excluding carboxylic acids is 1. The predicted molar refractivity (Wildman–Crippen MR) is 88.2 cm³/mol. The maximum atomic E-state index is 12.6. The lowest BCUT2D eigenvalue weighted by atomic mass is 9.79. The standard InChI is InChI=1S/C18H29NO4/c1-11-8-12(2)10-13(9-11)15(16(20)21)19(14-6-7-14)17(22)23-18(3,4)5/h8,11,13-15H,6-7,9-10H2,1-5H3,(H,20,21). The monoisotopic (exact) mass is 323 g/mol. The van der Waals surface area contributed by atoms with Gasteiger partial charge in [-0.2, -0.15) is 0 Å². The van der Waals surface area contributed by atoms with Gasteiger partial charge >= 0.3 is 12.1 Å². The summed E-state index contributed by atoms with van der Waals surface area (Å²) in [4.78, 5) is 26.1. The van der Waals surface area contributed by atoms with Gasteiger partial charge in [-0.3, -0.25) is 4.90 Å². The molecule has 0 radical (unpaired) electrons. The van der Waals surface area contributed by atoms with E-state index in [1.54, 1.807) is 20.8 Å². The summed E-state index contributed by atoms with van der Waals surface area (Å²) in [5.74, 6) is -0.634. The second-order valence-electron chi connectivity index (χ2n) is 8.09. The molecule has 0 heterocycles. The van der Waals surface area contributed by atoms with Gasteiger partial charge in [-0.05, 0) is 65.2 Å². The Morgan fingerprint density at radius 1 is 1.35 bits per heavy atom. The third kappa shape index (κ3) is 4.72. The van der Waals surface area contributed by atoms with Gasteiger partial charge in [0.05, 0.1) is 0 Å². The van der Waals surface area contributed by atoms with Gasteiger partial charge in [0.15, 0.2) is 0 Å². The molecule has 1 saturated carbocycles. The highest BCUT2D eigenvalue weighted by Gasteiger charge is 2.46. The smallest absolute Gasteiger partial charge is 0.411 e. The molecule has 130 valence electrons. The van der Waals surface area contributed by atoms with E-state index in [2.05, 4.69) is 13.0 Å². The molecule has 5 nitrogen and oxygen atoms in total. The molecule has 0 aromatic carbocycles. The van der Waals surface area contributed by atoms with Crippen LogP contribution in [0.1, 0.15) is 60.3 Å². The quantitative estimate of drug-likeness (QED) is 0.798. The molecule has 0 aromatic heterocycles. The highest BCUT2D eigenvalue weighted by molar-refractivity contribution is 5.81. The molecule has 1 fully saturated rings. The maximum Gasteiger partial charge on any atom is 0.411 e. The zero-order valence-electron chi connectivity index (χ0n) is 14.8. The molecule has 0 bridgehead atoms. The number of carbonyl (C=O) groups is 2. The van der Waals surface area contributed by atoms with Crippen molar-refractivity contribution in [3.8, 4) is 0 Å². The summed E-state index contributed by atoms with van der Waals surface area (Å²) in [6.45, 7) is 9.56. The second kappa shape index (κ2) is 6.54. The lowest BCUT2D eigenvalue weighted by molar-refractivity contribution is -0.146. The van der Waals surface area contributed by atoms with Gasteiger partial charge in [0, 0.05) is 6.04 Å². The first-order chi connectivity index (χ1) is 10.6. The van der Waals surface area contributed by atoms with Gasteiger partial charge in [-0.25, -0.2) is 9.59 Å². The third-order valence-electron chi connectivity index (χ3n) is 4.37. The largest absolute Gasteiger partial charge is 0.480 e. The summed E-state index contributed by atoms with van der Waals surface area (Å²) in [5, 5.41) is 9.82. The minimum atomic E-state index is -0.922. The van der Waals surface area contributed by atoms with Crippen molar-refractivity contribution in [1.29, 1.82) is 0 Å². The molecule has 1 amide bonds. The van der Waals surface area contributed by atoms with E-state index in [1.807, 2.05) is 6.92 Å². The van der Waals surface area contributed by atoms with E-state index in [9.17, 15) is 14.7 Å². The van der Waals surface area contributed by atoms with Crippen LogP contribution in [0.25, 0.3) is 0 Å². The molecule has 2 rings (SSSR count). The van der Waals surface area contributed by atoms with Crippen LogP contribution in [0.4, 0.5) is 4.79 Å². The Bertz CT molecular complexity index is 502. The summed E-state index contributed by atoms with van der Waals surface area (Å²) >= 11 is 0. The first-order valence-electron chi connectivity index (χ1n) is 8.50. The number of ether oxygens (including phenoxy) is 1. The minimum Gasteiger partial charge on any atom is -0.480 e. The predicted octanol–water partition coefficient (Wildman–Crippen LogP) is 3.83. The van der Waals surface area contributed by atoms with Gasteiger partial charge in [0.2, 0.25) is 0 Å². The van der Waals surface area contributed by atoms with Crippen LogP contribution in [0.15, 0.2) is 11.6 Å². The van der Waals surface area contributed by atoms with Crippen LogP contribution < -0.4 is 0 Å². The molecule has 1 N–H and O–H groups in total. The number of aliphatic carboxylic acids is 1. The maximum absolute atomic E-state index is 12.6. The zero-order chi connectivity index (χ0) is 17.4. The average Bonchev–Trinajstić information content (AvgIpc) is 3.15. The minimum absolute atomic E-state index is 0.00692. The van der Waals surface area contributed by atoms with Crippen LogP contribution >= 0.6 is 0 Å². The van der Waals surface area contributed by atoms with Gasteiger partial charge < -0.3 is 9.84 Å². The summed E-state index contributed by atoms with van der Waals surface area (Å²) in [6.07, 6.45) is 4.95. The Morgan fingerprint density at radius 3 is 2.39 bits per heavy atom. The molecule has 0 aromatic rings. The zero-order valence-corrected chi connectivity index (χ0v) is 14.8. The lowest BCUT2D eigenvalue weighted by Crippen LogP contribution is -2.52. The van der Waals surface area contributed by atoms with Crippen molar-refractivity contribution in [1.82, 2.24) is 4.90 Å². The first kappa shape index (κ1) is 17.8. The number of amides is 1. The Balaban J connectivity index is 2.24. The Kier molecular flexibility index (Phi) is 5.07. The van der Waals surface area contributed by atoms with Gasteiger partial charge in [-0.1, -0.05) is 18.6 Å². The molecular weight excluding hydrogens is 294 g/mol. The molecule has 0 aliphatic heterocycles. The van der Waals surface area contributed by atoms with Crippen LogP contribution in [0.2, 0.25) is 0 Å². The normalized spacial score (nSPS) is 26.2. The molecule has 2 aliphatic carbocycles. The van der Waals surface area contributed by atoms with Crippen LogP contribution in [0.3, 0.4) is 0 Å². The van der Waals surface area contributed by atoms with Crippen molar-refractivity contribution in [2.45, 2.75) is 78.0 Å². The third-order valence-corrected chi connectivity index (χ3v) is 4.37. The van der Waals surface area contributed by atoms with Crippen LogP contribution in [-0.4, -0.2) is 39.8 Å². The van der Waals surface area contributed by atoms with Crippen LogP contribution in [-0.2, 0) is 9.53 Å². The van der Waals surface area contributed by atoms with Crippen molar-refractivity contribution in [2.75, 3.05) is 0 Å². The lowest BCUT2D eigenvalue weighted by Gasteiger charge is -2.38. The highest BCUT2D eigenvalue weighted by Crippen LogP contribution is 2.38. The van der Waals surface area contributed by atoms with Crippen LogP contribution in [0, 0.1) is 11.8 Å². The fraction of sp³-hybridized carbons (Fsp3) is 0.778. The molecule has 0 saturated heterocycles. The van der Waals surface area contributed by atoms with Gasteiger partial charge in [0.1, 0.15) is 11.6 Å². The molecule has 5 heteroatoms. The van der Waals surface area contributed by atoms with Crippen molar-refractivity contribution >= 4 is 12.1 Å².